The molecule has 0 heterocycles. The molecule has 0 saturated heterocycles. The van der Waals surface area contributed by atoms with Crippen LogP contribution in [0.5, 0.6) is 0 Å². The van der Waals surface area contributed by atoms with Crippen LogP contribution in [-0.2, 0) is 28.5 Å². The van der Waals surface area contributed by atoms with Gasteiger partial charge in [-0.3, -0.25) is 0 Å². The maximum absolute atomic E-state index is 10.5. The number of hydrogen-bond acceptors (Lipinski definition) is 6. The number of carbonyl (C=O) groups is 2. The lowest BCUT2D eigenvalue weighted by Gasteiger charge is -2.02. The van der Waals surface area contributed by atoms with Gasteiger partial charge in [0, 0.05) is 25.9 Å². The van der Waals surface area contributed by atoms with E-state index in [2.05, 4.69) is 34.3 Å². The van der Waals surface area contributed by atoms with Crippen molar-refractivity contribution in [2.75, 3.05) is 40.1 Å². The molecule has 0 N–H and O–H groups in total. The van der Waals surface area contributed by atoms with Crippen LogP contribution in [0.1, 0.15) is 19.8 Å². The lowest BCUT2D eigenvalue weighted by Crippen LogP contribution is -2.08. The Bertz CT molecular complexity index is 288. The van der Waals surface area contributed by atoms with Crippen molar-refractivity contribution in [1.29, 1.82) is 0 Å². The zero-order valence-electron chi connectivity index (χ0n) is 13.0. The number of esters is 2. The summed E-state index contributed by atoms with van der Waals surface area (Å²) in [7, 11) is 1.54. The fourth-order valence-corrected chi connectivity index (χ4v) is 0.893. The summed E-state index contributed by atoms with van der Waals surface area (Å²) in [5, 5.41) is 0. The smallest absolute Gasteiger partial charge is 0.330 e. The monoisotopic (exact) mass is 302 g/mol. The highest BCUT2D eigenvalue weighted by molar-refractivity contribution is 5.81. The Morgan fingerprint density at radius 3 is 1.86 bits per heavy atom. The van der Waals surface area contributed by atoms with Crippen LogP contribution in [0.2, 0.25) is 0 Å². The lowest BCUT2D eigenvalue weighted by atomic mass is 10.4. The quantitative estimate of drug-likeness (QED) is 0.330. The highest BCUT2D eigenvalue weighted by Crippen LogP contribution is 1.88. The Kier molecular flexibility index (Phi) is 18.9. The Morgan fingerprint density at radius 1 is 0.905 bits per heavy atom. The van der Waals surface area contributed by atoms with Crippen LogP contribution in [0.25, 0.3) is 0 Å². The molecule has 0 atom stereocenters. The van der Waals surface area contributed by atoms with Gasteiger partial charge in [-0.25, -0.2) is 9.59 Å². The fourth-order valence-electron chi connectivity index (χ4n) is 0.893. The Hall–Kier alpha value is -1.66. The average molecular weight is 302 g/mol. The molecule has 6 nitrogen and oxygen atoms in total. The van der Waals surface area contributed by atoms with E-state index in [1.54, 1.807) is 7.11 Å². The average Bonchev–Trinajstić information content (AvgIpc) is 2.51. The standard InChI is InChI=1S/C9H16O3.C6H10O3/c1-3-5-6-11-7-8-12-9(10)4-2;1-3-6(7)9-5-4-8-2/h4H,2-3,5-8H2,1H3;3H,1,4-5H2,2H3. The van der Waals surface area contributed by atoms with E-state index in [0.717, 1.165) is 31.6 Å². The van der Waals surface area contributed by atoms with Gasteiger partial charge in [0.2, 0.25) is 0 Å². The summed E-state index contributed by atoms with van der Waals surface area (Å²) in [6.07, 6.45) is 4.43. The van der Waals surface area contributed by atoms with Crippen LogP contribution in [0.3, 0.4) is 0 Å². The first kappa shape index (κ1) is 21.6. The van der Waals surface area contributed by atoms with Crippen molar-refractivity contribution in [1.82, 2.24) is 0 Å². The van der Waals surface area contributed by atoms with E-state index in [0.29, 0.717) is 26.4 Å². The van der Waals surface area contributed by atoms with Gasteiger partial charge in [0.25, 0.3) is 0 Å². The minimum absolute atomic E-state index is 0.293. The normalized spacial score (nSPS) is 9.05. The predicted octanol–water partition coefficient (Wildman–Crippen LogP) is 1.89. The van der Waals surface area contributed by atoms with Crippen molar-refractivity contribution in [2.24, 2.45) is 0 Å². The first-order valence-electron chi connectivity index (χ1n) is 6.77. The molecule has 0 saturated carbocycles. The minimum atomic E-state index is -0.410. The fraction of sp³-hybridized carbons (Fsp3) is 0.600. The lowest BCUT2D eigenvalue weighted by molar-refractivity contribution is -0.140. The largest absolute Gasteiger partial charge is 0.460 e. The van der Waals surface area contributed by atoms with Gasteiger partial charge in [-0.05, 0) is 6.42 Å². The zero-order chi connectivity index (χ0) is 16.3. The molecule has 0 aromatic heterocycles. The molecule has 0 radical (unpaired) electrons. The molecule has 122 valence electrons. The number of rotatable bonds is 11. The first-order valence-corrected chi connectivity index (χ1v) is 6.77. The second-order valence-electron chi connectivity index (χ2n) is 3.70. The van der Waals surface area contributed by atoms with Gasteiger partial charge in [0.1, 0.15) is 13.2 Å². The van der Waals surface area contributed by atoms with Crippen molar-refractivity contribution in [3.8, 4) is 0 Å². The van der Waals surface area contributed by atoms with Crippen molar-refractivity contribution in [3.63, 3.8) is 0 Å². The summed E-state index contributed by atoms with van der Waals surface area (Å²) in [4.78, 5) is 20.8. The Balaban J connectivity index is 0. The maximum atomic E-state index is 10.5. The molecule has 0 aliphatic heterocycles. The highest BCUT2D eigenvalue weighted by Gasteiger charge is 1.94. The molecule has 0 rings (SSSR count). The van der Waals surface area contributed by atoms with Crippen LogP contribution < -0.4 is 0 Å². The van der Waals surface area contributed by atoms with Crippen LogP contribution in [0.15, 0.2) is 25.3 Å². The molecule has 0 aromatic carbocycles. The number of methoxy groups -OCH3 is 1. The van der Waals surface area contributed by atoms with Gasteiger partial charge in [-0.1, -0.05) is 26.5 Å². The third-order valence-electron chi connectivity index (χ3n) is 1.98. The van der Waals surface area contributed by atoms with Crippen molar-refractivity contribution in [2.45, 2.75) is 19.8 Å². The first-order chi connectivity index (χ1) is 10.1. The number of hydrogen-bond donors (Lipinski definition) is 0. The van der Waals surface area contributed by atoms with E-state index in [1.807, 2.05) is 0 Å². The predicted molar refractivity (Wildman–Crippen MR) is 79.9 cm³/mol. The molecule has 0 aliphatic rings. The van der Waals surface area contributed by atoms with Gasteiger partial charge in [0.05, 0.1) is 13.2 Å². The second-order valence-corrected chi connectivity index (χ2v) is 3.70. The third kappa shape index (κ3) is 20.8. The Morgan fingerprint density at radius 2 is 1.43 bits per heavy atom. The molecule has 0 amide bonds. The van der Waals surface area contributed by atoms with Crippen LogP contribution >= 0.6 is 0 Å². The van der Waals surface area contributed by atoms with E-state index in [1.165, 1.54) is 0 Å². The van der Waals surface area contributed by atoms with Gasteiger partial charge in [0.15, 0.2) is 0 Å². The summed E-state index contributed by atoms with van der Waals surface area (Å²) in [5.74, 6) is -0.804. The molecule has 0 fully saturated rings. The highest BCUT2D eigenvalue weighted by atomic mass is 16.6. The van der Waals surface area contributed by atoms with Crippen LogP contribution in [-0.4, -0.2) is 52.1 Å². The van der Waals surface area contributed by atoms with E-state index < -0.39 is 11.9 Å². The number of carbonyl (C=O) groups excluding carboxylic acids is 2. The number of unbranched alkanes of at least 4 members (excludes halogenated alkanes) is 1. The van der Waals surface area contributed by atoms with Gasteiger partial charge >= 0.3 is 11.9 Å². The molecular formula is C15H26O6. The molecule has 0 aliphatic carbocycles. The topological polar surface area (TPSA) is 71.1 Å². The summed E-state index contributed by atoms with van der Waals surface area (Å²) in [6.45, 7) is 10.8. The minimum Gasteiger partial charge on any atom is -0.460 e. The molecule has 6 heteroatoms. The third-order valence-corrected chi connectivity index (χ3v) is 1.98. The van der Waals surface area contributed by atoms with Crippen molar-refractivity contribution < 1.29 is 28.5 Å². The van der Waals surface area contributed by atoms with Gasteiger partial charge in [-0.2, -0.15) is 0 Å². The summed E-state index contributed by atoms with van der Waals surface area (Å²) in [6, 6.07) is 0. The number of ether oxygens (including phenoxy) is 4. The summed E-state index contributed by atoms with van der Waals surface area (Å²) >= 11 is 0. The molecular weight excluding hydrogens is 276 g/mol. The van der Waals surface area contributed by atoms with Crippen molar-refractivity contribution >= 4 is 11.9 Å². The molecule has 21 heavy (non-hydrogen) atoms. The van der Waals surface area contributed by atoms with E-state index in [-0.39, 0.29) is 0 Å². The van der Waals surface area contributed by atoms with Gasteiger partial charge < -0.3 is 18.9 Å². The van der Waals surface area contributed by atoms with Crippen LogP contribution in [0.4, 0.5) is 0 Å². The zero-order valence-corrected chi connectivity index (χ0v) is 13.0. The van der Waals surface area contributed by atoms with Crippen LogP contribution in [0, 0.1) is 0 Å². The molecule has 0 spiro atoms. The summed E-state index contributed by atoms with van der Waals surface area (Å²) < 4.78 is 19.0. The SMILES string of the molecule is C=CC(=O)OCCOC.C=CC(=O)OCCOCCCC. The molecule has 0 unspecified atom stereocenters. The second kappa shape index (κ2) is 18.3. The Labute approximate surface area is 126 Å². The molecule has 0 aromatic rings. The van der Waals surface area contributed by atoms with Gasteiger partial charge in [-0.15, -0.1) is 0 Å². The summed E-state index contributed by atoms with van der Waals surface area (Å²) in [5.41, 5.74) is 0. The van der Waals surface area contributed by atoms with Crippen molar-refractivity contribution in [3.05, 3.63) is 25.3 Å². The van der Waals surface area contributed by atoms with E-state index >= 15 is 0 Å². The van der Waals surface area contributed by atoms with E-state index in [9.17, 15) is 9.59 Å². The van der Waals surface area contributed by atoms with E-state index in [4.69, 9.17) is 4.74 Å². The molecule has 0 bridgehead atoms. The maximum Gasteiger partial charge on any atom is 0.330 e.